The molecule has 0 unspecified atom stereocenters. The van der Waals surface area contributed by atoms with E-state index in [9.17, 15) is 9.59 Å². The van der Waals surface area contributed by atoms with Crippen molar-refractivity contribution in [1.29, 1.82) is 0 Å². The topological polar surface area (TPSA) is 86.9 Å². The summed E-state index contributed by atoms with van der Waals surface area (Å²) in [6, 6.07) is 1.49. The zero-order valence-corrected chi connectivity index (χ0v) is 10.7. The van der Waals surface area contributed by atoms with Crippen molar-refractivity contribution in [1.82, 2.24) is 15.0 Å². The molecule has 1 heterocycles. The first-order valence-electron chi connectivity index (χ1n) is 5.49. The lowest BCUT2D eigenvalue weighted by Crippen LogP contribution is -2.40. The molecule has 0 saturated heterocycles. The molecule has 7 nitrogen and oxygen atoms in total. The number of carboxylic acid groups (broad SMARTS) is 1. The van der Waals surface area contributed by atoms with E-state index in [-0.39, 0.29) is 12.2 Å². The van der Waals surface area contributed by atoms with Crippen molar-refractivity contribution in [2.45, 2.75) is 6.92 Å². The highest BCUT2D eigenvalue weighted by molar-refractivity contribution is 5.94. The van der Waals surface area contributed by atoms with Gasteiger partial charge in [0.15, 0.2) is 5.69 Å². The number of likely N-dealkylation sites (N-methyl/N-ethyl adjacent to an activating group) is 1. The van der Waals surface area contributed by atoms with Crippen LogP contribution in [0.4, 0.5) is 0 Å². The maximum atomic E-state index is 12.0. The summed E-state index contributed by atoms with van der Waals surface area (Å²) < 4.78 is 4.81. The normalized spacial score (nSPS) is 10.7. The molecule has 100 valence electrons. The van der Waals surface area contributed by atoms with Crippen LogP contribution in [0, 0.1) is 6.92 Å². The number of hydrogen-bond acceptors (Lipinski definition) is 5. The first-order chi connectivity index (χ1) is 8.40. The number of aryl methyl sites for hydroxylation is 1. The van der Waals surface area contributed by atoms with E-state index in [1.807, 2.05) is 19.0 Å². The molecule has 0 fully saturated rings. The largest absolute Gasteiger partial charge is 0.480 e. The fraction of sp³-hybridized carbons (Fsp3) is 0.545. The maximum absolute atomic E-state index is 12.0. The van der Waals surface area contributed by atoms with Gasteiger partial charge in [-0.3, -0.25) is 9.59 Å². The first kappa shape index (κ1) is 14.2. The molecule has 0 aliphatic rings. The SMILES string of the molecule is Cc1cc(C(=O)N(CCN(C)C)CC(=O)O)no1. The quantitative estimate of drug-likeness (QED) is 0.774. The van der Waals surface area contributed by atoms with Crippen molar-refractivity contribution in [3.8, 4) is 0 Å². The van der Waals surface area contributed by atoms with E-state index in [0.717, 1.165) is 0 Å². The van der Waals surface area contributed by atoms with Crippen molar-refractivity contribution in [2.24, 2.45) is 0 Å². The predicted octanol–water partition coefficient (Wildman–Crippen LogP) is 0.0714. The van der Waals surface area contributed by atoms with Gasteiger partial charge >= 0.3 is 5.97 Å². The molecule has 0 aliphatic heterocycles. The number of carboxylic acids is 1. The third kappa shape index (κ3) is 4.17. The monoisotopic (exact) mass is 255 g/mol. The Morgan fingerprint density at radius 3 is 2.50 bits per heavy atom. The molecule has 0 aliphatic carbocycles. The number of aliphatic carboxylic acids is 1. The lowest BCUT2D eigenvalue weighted by atomic mass is 10.3. The predicted molar refractivity (Wildman–Crippen MR) is 63.3 cm³/mol. The molecule has 0 aromatic carbocycles. The van der Waals surface area contributed by atoms with Gasteiger partial charge in [0.2, 0.25) is 0 Å². The van der Waals surface area contributed by atoms with Crippen LogP contribution < -0.4 is 0 Å². The third-order valence-electron chi connectivity index (χ3n) is 2.28. The number of rotatable bonds is 6. The average Bonchev–Trinajstić information content (AvgIpc) is 2.69. The fourth-order valence-corrected chi connectivity index (χ4v) is 1.37. The molecule has 1 rings (SSSR count). The lowest BCUT2D eigenvalue weighted by Gasteiger charge is -2.21. The Balaban J connectivity index is 2.75. The number of aromatic nitrogens is 1. The fourth-order valence-electron chi connectivity index (χ4n) is 1.37. The minimum Gasteiger partial charge on any atom is -0.480 e. The lowest BCUT2D eigenvalue weighted by molar-refractivity contribution is -0.137. The van der Waals surface area contributed by atoms with Gasteiger partial charge < -0.3 is 19.4 Å². The summed E-state index contributed by atoms with van der Waals surface area (Å²) in [5.41, 5.74) is 0.132. The Kier molecular flexibility index (Phi) is 4.85. The van der Waals surface area contributed by atoms with Crippen LogP contribution >= 0.6 is 0 Å². The molecule has 0 radical (unpaired) electrons. The van der Waals surface area contributed by atoms with Crippen LogP contribution in [0.5, 0.6) is 0 Å². The molecule has 1 aromatic rings. The van der Waals surface area contributed by atoms with E-state index >= 15 is 0 Å². The van der Waals surface area contributed by atoms with Crippen LogP contribution in [0.3, 0.4) is 0 Å². The second-order valence-corrected chi connectivity index (χ2v) is 4.25. The Bertz CT molecular complexity index is 428. The Hall–Kier alpha value is -1.89. The van der Waals surface area contributed by atoms with E-state index < -0.39 is 11.9 Å². The molecule has 1 amide bonds. The Morgan fingerprint density at radius 1 is 1.39 bits per heavy atom. The summed E-state index contributed by atoms with van der Waals surface area (Å²) in [6.45, 7) is 2.23. The van der Waals surface area contributed by atoms with Gasteiger partial charge in [-0.15, -0.1) is 0 Å². The third-order valence-corrected chi connectivity index (χ3v) is 2.28. The van der Waals surface area contributed by atoms with Gasteiger partial charge in [-0.25, -0.2) is 0 Å². The van der Waals surface area contributed by atoms with Gasteiger partial charge in [-0.2, -0.15) is 0 Å². The van der Waals surface area contributed by atoms with E-state index in [1.54, 1.807) is 6.92 Å². The van der Waals surface area contributed by atoms with E-state index in [4.69, 9.17) is 9.63 Å². The number of carbonyl (C=O) groups is 2. The van der Waals surface area contributed by atoms with Gasteiger partial charge in [0.1, 0.15) is 12.3 Å². The van der Waals surface area contributed by atoms with Crippen LogP contribution in [0.15, 0.2) is 10.6 Å². The molecule has 0 atom stereocenters. The highest BCUT2D eigenvalue weighted by atomic mass is 16.5. The zero-order valence-electron chi connectivity index (χ0n) is 10.7. The van der Waals surface area contributed by atoms with Gasteiger partial charge in [0.05, 0.1) is 0 Å². The van der Waals surface area contributed by atoms with Gasteiger partial charge in [0.25, 0.3) is 5.91 Å². The smallest absolute Gasteiger partial charge is 0.323 e. The number of hydrogen-bond donors (Lipinski definition) is 1. The summed E-state index contributed by atoms with van der Waals surface area (Å²) in [6.07, 6.45) is 0. The van der Waals surface area contributed by atoms with Crippen LogP contribution in [-0.4, -0.2) is 65.7 Å². The number of nitrogens with zero attached hydrogens (tertiary/aromatic N) is 3. The highest BCUT2D eigenvalue weighted by Crippen LogP contribution is 2.06. The summed E-state index contributed by atoms with van der Waals surface area (Å²) in [7, 11) is 3.70. The van der Waals surface area contributed by atoms with Crippen LogP contribution in [0.25, 0.3) is 0 Å². The van der Waals surface area contributed by atoms with Crippen molar-refractivity contribution in [3.63, 3.8) is 0 Å². The average molecular weight is 255 g/mol. The van der Waals surface area contributed by atoms with Crippen LogP contribution in [0.1, 0.15) is 16.2 Å². The Morgan fingerprint density at radius 2 is 2.06 bits per heavy atom. The highest BCUT2D eigenvalue weighted by Gasteiger charge is 2.21. The molecule has 0 bridgehead atoms. The zero-order chi connectivity index (χ0) is 13.7. The standard InChI is InChI=1S/C11H17N3O4/c1-8-6-9(12-18-8)11(17)14(7-10(15)16)5-4-13(2)3/h6H,4-5,7H2,1-3H3,(H,15,16). The second kappa shape index (κ2) is 6.15. The molecular formula is C11H17N3O4. The van der Waals surface area contributed by atoms with Crippen LogP contribution in [0.2, 0.25) is 0 Å². The second-order valence-electron chi connectivity index (χ2n) is 4.25. The minimum atomic E-state index is -1.05. The summed E-state index contributed by atoms with van der Waals surface area (Å²) in [5, 5.41) is 12.4. The molecule has 18 heavy (non-hydrogen) atoms. The van der Waals surface area contributed by atoms with Gasteiger partial charge in [0, 0.05) is 19.2 Å². The summed E-state index contributed by atoms with van der Waals surface area (Å²) in [4.78, 5) is 25.9. The molecule has 0 saturated carbocycles. The van der Waals surface area contributed by atoms with E-state index in [2.05, 4.69) is 5.16 Å². The maximum Gasteiger partial charge on any atom is 0.323 e. The van der Waals surface area contributed by atoms with Gasteiger partial charge in [-0.1, -0.05) is 5.16 Å². The van der Waals surface area contributed by atoms with E-state index in [0.29, 0.717) is 18.8 Å². The molecule has 1 N–H and O–H groups in total. The van der Waals surface area contributed by atoms with Crippen molar-refractivity contribution in [3.05, 3.63) is 17.5 Å². The number of carbonyl (C=O) groups excluding carboxylic acids is 1. The first-order valence-corrected chi connectivity index (χ1v) is 5.49. The summed E-state index contributed by atoms with van der Waals surface area (Å²) in [5.74, 6) is -0.973. The summed E-state index contributed by atoms with van der Waals surface area (Å²) >= 11 is 0. The molecule has 7 heteroatoms. The Labute approximate surface area is 105 Å². The van der Waals surface area contributed by atoms with Crippen molar-refractivity contribution in [2.75, 3.05) is 33.7 Å². The molecule has 0 spiro atoms. The number of amides is 1. The van der Waals surface area contributed by atoms with Crippen molar-refractivity contribution >= 4 is 11.9 Å². The van der Waals surface area contributed by atoms with Crippen molar-refractivity contribution < 1.29 is 19.2 Å². The molecule has 1 aromatic heterocycles. The van der Waals surface area contributed by atoms with E-state index in [1.165, 1.54) is 11.0 Å². The minimum absolute atomic E-state index is 0.132. The van der Waals surface area contributed by atoms with Crippen LogP contribution in [-0.2, 0) is 4.79 Å². The van der Waals surface area contributed by atoms with Gasteiger partial charge in [-0.05, 0) is 21.0 Å². The molecular weight excluding hydrogens is 238 g/mol.